The number of benzene rings is 1. The second kappa shape index (κ2) is 17.0. The van der Waals surface area contributed by atoms with Gasteiger partial charge < -0.3 is 19.7 Å². The highest BCUT2D eigenvalue weighted by atomic mass is 19.3. The minimum absolute atomic E-state index is 0.0150. The number of imide groups is 1. The summed E-state index contributed by atoms with van der Waals surface area (Å²) in [6.07, 6.45) is 4.25. The first-order valence-electron chi connectivity index (χ1n) is 19.4. The lowest BCUT2D eigenvalue weighted by Crippen LogP contribution is -2.44. The standard InChI is InChI=1S/C39H48F2N8O7/c1-23-6-3-9-28(23)49-35-25(20-27(34(40)41)37(49)53)21-42-38(45-35)43-26-13-15-47(16-14-26)32(51)22-56-19-18-55-17-5-8-24-7-4-10-29-33(24)46(2)39(54)48(29)30-11-12-31(50)44-36(30)52/h4,7,10,20-21,23,26,28,30,34H,3,5-6,8-9,11-19,22H2,1-2H3,(H,42,43,45)(H,44,50,52). The van der Waals surface area contributed by atoms with Crippen molar-refractivity contribution in [2.24, 2.45) is 13.0 Å². The number of rotatable bonds is 14. The lowest BCUT2D eigenvalue weighted by Gasteiger charge is -2.32. The van der Waals surface area contributed by atoms with E-state index in [1.54, 1.807) is 16.5 Å². The number of aromatic nitrogens is 5. The van der Waals surface area contributed by atoms with Crippen molar-refractivity contribution in [1.82, 2.24) is 33.9 Å². The number of alkyl halides is 2. The Labute approximate surface area is 321 Å². The van der Waals surface area contributed by atoms with Crippen molar-refractivity contribution in [1.29, 1.82) is 0 Å². The highest BCUT2D eigenvalue weighted by molar-refractivity contribution is 6.00. The number of anilines is 1. The van der Waals surface area contributed by atoms with Gasteiger partial charge in [-0.25, -0.2) is 18.6 Å². The molecule has 3 aliphatic rings. The molecule has 3 unspecified atom stereocenters. The number of likely N-dealkylation sites (tertiary alicyclic amines) is 1. The molecule has 1 aromatic carbocycles. The van der Waals surface area contributed by atoms with E-state index in [9.17, 15) is 32.8 Å². The zero-order valence-electron chi connectivity index (χ0n) is 31.7. The minimum Gasteiger partial charge on any atom is -0.379 e. The number of carbonyl (C=O) groups is 3. The number of nitrogens with one attached hydrogen (secondary N) is 2. The largest absolute Gasteiger partial charge is 0.379 e. The van der Waals surface area contributed by atoms with Crippen LogP contribution in [0, 0.1) is 5.92 Å². The number of aryl methyl sites for hydroxylation is 2. The van der Waals surface area contributed by atoms with Crippen LogP contribution >= 0.6 is 0 Å². The summed E-state index contributed by atoms with van der Waals surface area (Å²) in [5.74, 6) is -0.425. The van der Waals surface area contributed by atoms with Crippen LogP contribution < -0.4 is 21.9 Å². The molecule has 3 amide bonds. The number of ether oxygens (including phenoxy) is 2. The van der Waals surface area contributed by atoms with Crippen molar-refractivity contribution in [3.05, 3.63) is 62.4 Å². The molecular formula is C39H48F2N8O7. The number of para-hydroxylation sites is 1. The van der Waals surface area contributed by atoms with Crippen LogP contribution in [0.2, 0.25) is 0 Å². The van der Waals surface area contributed by atoms with E-state index >= 15 is 0 Å². The number of fused-ring (bicyclic) bond motifs is 2. The van der Waals surface area contributed by atoms with Crippen LogP contribution in [0.25, 0.3) is 22.1 Å². The van der Waals surface area contributed by atoms with Crippen molar-refractivity contribution < 1.29 is 32.6 Å². The number of hydrogen-bond donors (Lipinski definition) is 2. The Balaban J connectivity index is 0.836. The van der Waals surface area contributed by atoms with Crippen LogP contribution in [0.4, 0.5) is 14.7 Å². The summed E-state index contributed by atoms with van der Waals surface area (Å²) in [6.45, 7) is 4.02. The molecule has 2 aliphatic heterocycles. The highest BCUT2D eigenvalue weighted by Gasteiger charge is 2.32. The van der Waals surface area contributed by atoms with Crippen LogP contribution in [-0.4, -0.2) is 91.8 Å². The lowest BCUT2D eigenvalue weighted by atomic mass is 10.0. The Bertz CT molecular complexity index is 2230. The van der Waals surface area contributed by atoms with Gasteiger partial charge >= 0.3 is 5.69 Å². The van der Waals surface area contributed by atoms with Crippen molar-refractivity contribution in [2.75, 3.05) is 44.8 Å². The fourth-order valence-electron chi connectivity index (χ4n) is 8.43. The maximum Gasteiger partial charge on any atom is 0.329 e. The van der Waals surface area contributed by atoms with Crippen LogP contribution in [0.1, 0.15) is 87.9 Å². The number of piperidine rings is 2. The summed E-state index contributed by atoms with van der Waals surface area (Å²) in [7, 11) is 1.68. The first kappa shape index (κ1) is 39.2. The molecule has 2 saturated heterocycles. The summed E-state index contributed by atoms with van der Waals surface area (Å²) in [6, 6.07) is 5.87. The number of hydrogen-bond acceptors (Lipinski definition) is 10. The molecule has 0 radical (unpaired) electrons. The molecule has 1 aliphatic carbocycles. The normalized spacial score (nSPS) is 20.7. The van der Waals surface area contributed by atoms with E-state index in [-0.39, 0.29) is 61.6 Å². The number of nitrogens with zero attached hydrogens (tertiary/aromatic N) is 6. The van der Waals surface area contributed by atoms with Gasteiger partial charge in [-0.3, -0.25) is 38.2 Å². The number of halogens is 2. The molecule has 17 heteroatoms. The molecule has 3 aromatic heterocycles. The Morgan fingerprint density at radius 3 is 2.54 bits per heavy atom. The summed E-state index contributed by atoms with van der Waals surface area (Å²) >= 11 is 0. The molecule has 56 heavy (non-hydrogen) atoms. The third-order valence-corrected chi connectivity index (χ3v) is 11.4. The van der Waals surface area contributed by atoms with E-state index in [1.165, 1.54) is 21.4 Å². The predicted molar refractivity (Wildman–Crippen MR) is 203 cm³/mol. The van der Waals surface area contributed by atoms with Crippen LogP contribution in [0.15, 0.2) is 40.1 Å². The summed E-state index contributed by atoms with van der Waals surface area (Å²) in [4.78, 5) is 74.2. The van der Waals surface area contributed by atoms with E-state index in [4.69, 9.17) is 9.47 Å². The molecule has 0 bridgehead atoms. The number of carbonyl (C=O) groups excluding carboxylic acids is 3. The van der Waals surface area contributed by atoms with E-state index in [0.29, 0.717) is 74.5 Å². The van der Waals surface area contributed by atoms with Crippen LogP contribution in [-0.2, 0) is 37.3 Å². The topological polar surface area (TPSA) is 172 Å². The fourth-order valence-corrected chi connectivity index (χ4v) is 8.43. The van der Waals surface area contributed by atoms with Crippen molar-refractivity contribution in [2.45, 2.75) is 89.3 Å². The number of imidazole rings is 1. The van der Waals surface area contributed by atoms with Crippen LogP contribution in [0.5, 0.6) is 0 Å². The van der Waals surface area contributed by atoms with E-state index < -0.39 is 29.5 Å². The van der Waals surface area contributed by atoms with Gasteiger partial charge in [-0.05, 0) is 68.6 Å². The predicted octanol–water partition coefficient (Wildman–Crippen LogP) is 3.79. The molecule has 3 atom stereocenters. The summed E-state index contributed by atoms with van der Waals surface area (Å²) in [5, 5.41) is 6.06. The van der Waals surface area contributed by atoms with Gasteiger partial charge in [-0.1, -0.05) is 25.5 Å². The monoisotopic (exact) mass is 778 g/mol. The zero-order valence-corrected chi connectivity index (χ0v) is 31.7. The average molecular weight is 779 g/mol. The average Bonchev–Trinajstić information content (AvgIpc) is 3.71. The summed E-state index contributed by atoms with van der Waals surface area (Å²) in [5.41, 5.74) is 1.17. The molecule has 15 nitrogen and oxygen atoms in total. The van der Waals surface area contributed by atoms with Crippen molar-refractivity contribution in [3.8, 4) is 0 Å². The third-order valence-electron chi connectivity index (χ3n) is 11.4. The molecular weight excluding hydrogens is 730 g/mol. The first-order valence-corrected chi connectivity index (χ1v) is 19.4. The Kier molecular flexibility index (Phi) is 11.9. The maximum atomic E-state index is 13.8. The highest BCUT2D eigenvalue weighted by Crippen LogP contribution is 2.36. The van der Waals surface area contributed by atoms with E-state index in [2.05, 4.69) is 20.6 Å². The van der Waals surface area contributed by atoms with Gasteiger partial charge in [-0.2, -0.15) is 4.98 Å². The molecule has 300 valence electrons. The molecule has 1 saturated carbocycles. The second-order valence-electron chi connectivity index (χ2n) is 15.1. The van der Waals surface area contributed by atoms with Gasteiger partial charge in [0.25, 0.3) is 12.0 Å². The van der Waals surface area contributed by atoms with Crippen LogP contribution in [0.3, 0.4) is 0 Å². The van der Waals surface area contributed by atoms with Gasteiger partial charge in [0, 0.05) is 56.8 Å². The van der Waals surface area contributed by atoms with Gasteiger partial charge in [0.2, 0.25) is 23.7 Å². The SMILES string of the molecule is CC1CCCC1n1c(=O)c(C(F)F)cc2cnc(NC3CCN(C(=O)COCCOCCCc4cccc5c4n(C)c(=O)n5C4CCC(=O)NC4=O)CC3)nc21. The molecule has 7 rings (SSSR count). The second-order valence-corrected chi connectivity index (χ2v) is 15.1. The molecule has 0 spiro atoms. The Morgan fingerprint density at radius 1 is 1.02 bits per heavy atom. The van der Waals surface area contributed by atoms with E-state index in [0.717, 1.165) is 30.3 Å². The van der Waals surface area contributed by atoms with Gasteiger partial charge in [-0.15, -0.1) is 0 Å². The molecule has 5 heterocycles. The fraction of sp³-hybridized carbons (Fsp3) is 0.564. The number of amides is 3. The van der Waals surface area contributed by atoms with Gasteiger partial charge in [0.05, 0.1) is 29.8 Å². The van der Waals surface area contributed by atoms with E-state index in [1.807, 2.05) is 25.1 Å². The lowest BCUT2D eigenvalue weighted by molar-refractivity contribution is -0.138. The van der Waals surface area contributed by atoms with Crippen molar-refractivity contribution >= 4 is 45.7 Å². The smallest absolute Gasteiger partial charge is 0.329 e. The Morgan fingerprint density at radius 2 is 1.80 bits per heavy atom. The molecule has 2 N–H and O–H groups in total. The minimum atomic E-state index is -2.89. The number of pyridine rings is 1. The maximum absolute atomic E-state index is 13.8. The summed E-state index contributed by atoms with van der Waals surface area (Å²) < 4.78 is 43.4. The molecule has 4 aromatic rings. The van der Waals surface area contributed by atoms with Crippen molar-refractivity contribution in [3.63, 3.8) is 0 Å². The molecule has 3 fully saturated rings. The Hall–Kier alpha value is -5.03. The third kappa shape index (κ3) is 8.10. The van der Waals surface area contributed by atoms with Gasteiger partial charge in [0.15, 0.2) is 0 Å². The zero-order chi connectivity index (χ0) is 39.5. The quantitative estimate of drug-likeness (QED) is 0.142. The first-order chi connectivity index (χ1) is 27.0. The van der Waals surface area contributed by atoms with Gasteiger partial charge in [0.1, 0.15) is 18.3 Å².